The van der Waals surface area contributed by atoms with E-state index in [-0.39, 0.29) is 5.97 Å². The summed E-state index contributed by atoms with van der Waals surface area (Å²) in [6.45, 7) is 1.61. The highest BCUT2D eigenvalue weighted by molar-refractivity contribution is 7.12. The number of carbonyl (C=O) groups is 1. The molecule has 2 aromatic heterocycles. The van der Waals surface area contributed by atoms with Crippen LogP contribution in [0.3, 0.4) is 0 Å². The largest absolute Gasteiger partial charge is 0.469 e. The maximum atomic E-state index is 11.2. The van der Waals surface area contributed by atoms with Gasteiger partial charge in [-0.3, -0.25) is 9.78 Å². The van der Waals surface area contributed by atoms with Gasteiger partial charge >= 0.3 is 5.97 Å². The van der Waals surface area contributed by atoms with E-state index < -0.39 is 0 Å². The van der Waals surface area contributed by atoms with E-state index in [4.69, 9.17) is 0 Å². The number of esters is 1. The molecule has 0 saturated heterocycles. The highest BCUT2D eigenvalue weighted by atomic mass is 32.1. The van der Waals surface area contributed by atoms with Crippen LogP contribution in [-0.4, -0.2) is 18.1 Å². The minimum Gasteiger partial charge on any atom is -0.469 e. The van der Waals surface area contributed by atoms with Crippen LogP contribution in [0.1, 0.15) is 15.3 Å². The first-order chi connectivity index (χ1) is 9.28. The van der Waals surface area contributed by atoms with Crippen LogP contribution >= 0.6 is 11.3 Å². The molecule has 2 heterocycles. The molecule has 0 aliphatic rings. The zero-order valence-corrected chi connectivity index (χ0v) is 11.6. The first-order valence-electron chi connectivity index (χ1n) is 6.02. The number of thiophene rings is 1. The standard InChI is InChI=1S/C14H16N2O2S/c1-18-14(17)8-12-2-3-13(19-12)10-16-9-11-4-6-15-7-5-11/h2-7,16H,8-10H2,1H3. The van der Waals surface area contributed by atoms with E-state index in [0.717, 1.165) is 18.0 Å². The molecule has 0 atom stereocenters. The summed E-state index contributed by atoms with van der Waals surface area (Å²) >= 11 is 1.64. The minimum atomic E-state index is -0.196. The predicted octanol–water partition coefficient (Wildman–Crippen LogP) is 2.15. The number of nitrogens with zero attached hydrogens (tertiary/aromatic N) is 1. The highest BCUT2D eigenvalue weighted by Crippen LogP contribution is 2.17. The lowest BCUT2D eigenvalue weighted by Crippen LogP contribution is -2.11. The van der Waals surface area contributed by atoms with E-state index in [1.165, 1.54) is 17.6 Å². The van der Waals surface area contributed by atoms with Crippen molar-refractivity contribution in [3.63, 3.8) is 0 Å². The third-order valence-electron chi connectivity index (χ3n) is 2.64. The van der Waals surface area contributed by atoms with Crippen LogP contribution in [0.2, 0.25) is 0 Å². The smallest absolute Gasteiger partial charge is 0.310 e. The SMILES string of the molecule is COC(=O)Cc1ccc(CNCc2ccncc2)s1. The second-order valence-corrected chi connectivity index (χ2v) is 5.33. The quantitative estimate of drug-likeness (QED) is 0.821. The Morgan fingerprint density at radius 1 is 1.21 bits per heavy atom. The van der Waals surface area contributed by atoms with Crippen LogP contribution in [0, 0.1) is 0 Å². The summed E-state index contributed by atoms with van der Waals surface area (Å²) in [5, 5.41) is 3.37. The van der Waals surface area contributed by atoms with Crippen molar-refractivity contribution in [2.75, 3.05) is 7.11 Å². The van der Waals surface area contributed by atoms with Gasteiger partial charge < -0.3 is 10.1 Å². The molecule has 0 saturated carbocycles. The Labute approximate surface area is 116 Å². The van der Waals surface area contributed by atoms with Gasteiger partial charge in [0, 0.05) is 35.2 Å². The molecule has 2 rings (SSSR count). The second-order valence-electron chi connectivity index (χ2n) is 4.08. The molecular formula is C14H16N2O2S. The fourth-order valence-corrected chi connectivity index (χ4v) is 2.63. The summed E-state index contributed by atoms with van der Waals surface area (Å²) in [6, 6.07) is 8.00. The van der Waals surface area contributed by atoms with Gasteiger partial charge in [0.25, 0.3) is 0 Å². The Morgan fingerprint density at radius 3 is 2.68 bits per heavy atom. The molecule has 0 aliphatic heterocycles. The van der Waals surface area contributed by atoms with Crippen molar-refractivity contribution in [2.24, 2.45) is 0 Å². The summed E-state index contributed by atoms with van der Waals surface area (Å²) in [6.07, 6.45) is 3.93. The summed E-state index contributed by atoms with van der Waals surface area (Å²) in [5.41, 5.74) is 1.21. The summed E-state index contributed by atoms with van der Waals surface area (Å²) in [4.78, 5) is 17.4. The molecule has 0 radical (unpaired) electrons. The van der Waals surface area contributed by atoms with Gasteiger partial charge in [-0.15, -0.1) is 11.3 Å². The molecule has 100 valence electrons. The van der Waals surface area contributed by atoms with E-state index in [1.54, 1.807) is 23.7 Å². The molecule has 5 heteroatoms. The van der Waals surface area contributed by atoms with Crippen LogP contribution in [-0.2, 0) is 29.0 Å². The van der Waals surface area contributed by atoms with E-state index in [9.17, 15) is 4.79 Å². The third kappa shape index (κ3) is 4.46. The lowest BCUT2D eigenvalue weighted by molar-refractivity contribution is -0.139. The van der Waals surface area contributed by atoms with Gasteiger partial charge in [0.15, 0.2) is 0 Å². The lowest BCUT2D eigenvalue weighted by atomic mass is 10.3. The van der Waals surface area contributed by atoms with Gasteiger partial charge in [-0.1, -0.05) is 0 Å². The molecule has 0 aromatic carbocycles. The molecule has 0 aliphatic carbocycles. The fraction of sp³-hybridized carbons (Fsp3) is 0.286. The van der Waals surface area contributed by atoms with Gasteiger partial charge in [-0.05, 0) is 29.8 Å². The van der Waals surface area contributed by atoms with Crippen molar-refractivity contribution in [3.05, 3.63) is 52.0 Å². The average Bonchev–Trinajstić information content (AvgIpc) is 2.87. The normalized spacial score (nSPS) is 10.4. The van der Waals surface area contributed by atoms with E-state index in [2.05, 4.69) is 15.0 Å². The Morgan fingerprint density at radius 2 is 1.95 bits per heavy atom. The molecule has 19 heavy (non-hydrogen) atoms. The maximum Gasteiger partial charge on any atom is 0.310 e. The van der Waals surface area contributed by atoms with Gasteiger partial charge in [0.05, 0.1) is 13.5 Å². The average molecular weight is 276 g/mol. The first-order valence-corrected chi connectivity index (χ1v) is 6.83. The molecule has 1 N–H and O–H groups in total. The van der Waals surface area contributed by atoms with Gasteiger partial charge in [-0.25, -0.2) is 0 Å². The summed E-state index contributed by atoms with van der Waals surface area (Å²) < 4.78 is 4.65. The van der Waals surface area contributed by atoms with Crippen molar-refractivity contribution in [1.82, 2.24) is 10.3 Å². The molecule has 2 aromatic rings. The fourth-order valence-electron chi connectivity index (χ4n) is 1.66. The zero-order chi connectivity index (χ0) is 13.5. The Hall–Kier alpha value is -1.72. The Kier molecular flexibility index (Phi) is 5.06. The molecule has 0 unspecified atom stereocenters. The monoisotopic (exact) mass is 276 g/mol. The molecule has 0 fully saturated rings. The Balaban J connectivity index is 1.79. The van der Waals surface area contributed by atoms with Crippen LogP contribution in [0.25, 0.3) is 0 Å². The molecule has 0 spiro atoms. The lowest BCUT2D eigenvalue weighted by Gasteiger charge is -2.02. The van der Waals surface area contributed by atoms with Gasteiger partial charge in [-0.2, -0.15) is 0 Å². The minimum absolute atomic E-state index is 0.196. The number of pyridine rings is 1. The van der Waals surface area contributed by atoms with Crippen molar-refractivity contribution >= 4 is 17.3 Å². The van der Waals surface area contributed by atoms with E-state index in [0.29, 0.717) is 6.42 Å². The number of ether oxygens (including phenoxy) is 1. The van der Waals surface area contributed by atoms with Gasteiger partial charge in [0.1, 0.15) is 0 Å². The molecule has 0 amide bonds. The summed E-state index contributed by atoms with van der Waals surface area (Å²) in [5.74, 6) is -0.196. The number of carbonyl (C=O) groups excluding carboxylic acids is 1. The first kappa shape index (κ1) is 13.7. The zero-order valence-electron chi connectivity index (χ0n) is 10.8. The molecule has 0 bridgehead atoms. The van der Waals surface area contributed by atoms with Crippen LogP contribution in [0.15, 0.2) is 36.7 Å². The number of methoxy groups -OCH3 is 1. The second kappa shape index (κ2) is 7.01. The van der Waals surface area contributed by atoms with Crippen molar-refractivity contribution < 1.29 is 9.53 Å². The topological polar surface area (TPSA) is 51.2 Å². The molecular weight excluding hydrogens is 260 g/mol. The van der Waals surface area contributed by atoms with Crippen molar-refractivity contribution in [2.45, 2.75) is 19.5 Å². The predicted molar refractivity (Wildman–Crippen MR) is 74.8 cm³/mol. The molecule has 4 nitrogen and oxygen atoms in total. The van der Waals surface area contributed by atoms with Crippen LogP contribution in [0.4, 0.5) is 0 Å². The maximum absolute atomic E-state index is 11.2. The van der Waals surface area contributed by atoms with Crippen molar-refractivity contribution in [3.8, 4) is 0 Å². The number of hydrogen-bond donors (Lipinski definition) is 1. The summed E-state index contributed by atoms with van der Waals surface area (Å²) in [7, 11) is 1.41. The van der Waals surface area contributed by atoms with Gasteiger partial charge in [0.2, 0.25) is 0 Å². The van der Waals surface area contributed by atoms with Crippen LogP contribution < -0.4 is 5.32 Å². The number of rotatable bonds is 6. The highest BCUT2D eigenvalue weighted by Gasteiger charge is 2.05. The number of aromatic nitrogens is 1. The third-order valence-corrected chi connectivity index (χ3v) is 3.73. The van der Waals surface area contributed by atoms with E-state index >= 15 is 0 Å². The van der Waals surface area contributed by atoms with Crippen LogP contribution in [0.5, 0.6) is 0 Å². The Bertz CT molecular complexity index is 525. The number of hydrogen-bond acceptors (Lipinski definition) is 5. The number of nitrogens with one attached hydrogen (secondary N) is 1. The van der Waals surface area contributed by atoms with E-state index in [1.807, 2.05) is 24.3 Å². The van der Waals surface area contributed by atoms with Crippen molar-refractivity contribution in [1.29, 1.82) is 0 Å².